The first-order valence-corrected chi connectivity index (χ1v) is 8.79. The molecule has 10 heteroatoms. The molecular formula is C15H24N2O7S. The Balaban J connectivity index is 3.04. The van der Waals surface area contributed by atoms with Gasteiger partial charge in [0.15, 0.2) is 5.54 Å². The Hall–Kier alpha value is -1.65. The molecule has 0 bridgehead atoms. The largest absolute Gasteiger partial charge is 0.480 e. The van der Waals surface area contributed by atoms with Crippen LogP contribution >= 0.6 is 11.8 Å². The van der Waals surface area contributed by atoms with E-state index in [2.05, 4.69) is 10.6 Å². The van der Waals surface area contributed by atoms with E-state index in [0.717, 1.165) is 6.92 Å². The zero-order valence-corrected chi connectivity index (χ0v) is 15.3. The van der Waals surface area contributed by atoms with E-state index in [4.69, 9.17) is 5.11 Å². The Morgan fingerprint density at radius 1 is 1.36 bits per heavy atom. The van der Waals surface area contributed by atoms with Crippen molar-refractivity contribution in [1.82, 2.24) is 10.6 Å². The molecule has 1 aliphatic heterocycles. The van der Waals surface area contributed by atoms with Gasteiger partial charge in [0, 0.05) is 12.7 Å². The number of carboxylic acids is 1. The van der Waals surface area contributed by atoms with Gasteiger partial charge in [0.2, 0.25) is 16.9 Å². The van der Waals surface area contributed by atoms with Crippen LogP contribution in [0.25, 0.3) is 0 Å². The molecule has 0 aromatic rings. The number of aliphatic hydroxyl groups is 2. The maximum Gasteiger partial charge on any atom is 0.327 e. The third kappa shape index (κ3) is 4.31. The van der Waals surface area contributed by atoms with Crippen LogP contribution in [0.3, 0.4) is 0 Å². The molecule has 0 aromatic heterocycles. The highest BCUT2D eigenvalue weighted by Gasteiger charge is 2.60. The standard InChI is InChI=1S/C15H24N2O7S/c1-6(2)10(19)15(11(20)7(3)12(21)17-15)14(24)25-5-9(13(22)23)16-8(4)18/h6-7,9-11,19-20H,5H2,1-4H3,(H,16,18)(H,17,21)(H,22,23)/t7-,9?,10?,11?,15-/m1/s1. The first-order valence-electron chi connectivity index (χ1n) is 7.80. The molecule has 5 N–H and O–H groups in total. The fourth-order valence-corrected chi connectivity index (χ4v) is 3.77. The summed E-state index contributed by atoms with van der Waals surface area (Å²) in [6.45, 7) is 5.84. The minimum Gasteiger partial charge on any atom is -0.480 e. The number of amides is 2. The molecule has 1 saturated heterocycles. The van der Waals surface area contributed by atoms with Crippen LogP contribution in [-0.2, 0) is 19.2 Å². The van der Waals surface area contributed by atoms with E-state index in [1.54, 1.807) is 13.8 Å². The molecule has 0 radical (unpaired) electrons. The van der Waals surface area contributed by atoms with Crippen LogP contribution in [0.4, 0.5) is 0 Å². The van der Waals surface area contributed by atoms with Gasteiger partial charge in [-0.3, -0.25) is 14.4 Å². The summed E-state index contributed by atoms with van der Waals surface area (Å²) in [6, 6.07) is -1.31. The molecule has 0 aromatic carbocycles. The lowest BCUT2D eigenvalue weighted by molar-refractivity contribution is -0.140. The van der Waals surface area contributed by atoms with E-state index in [1.165, 1.54) is 6.92 Å². The number of aliphatic carboxylic acids is 1. The highest BCUT2D eigenvalue weighted by atomic mass is 32.2. The second kappa shape index (κ2) is 8.15. The van der Waals surface area contributed by atoms with Gasteiger partial charge >= 0.3 is 5.97 Å². The van der Waals surface area contributed by atoms with Crippen molar-refractivity contribution in [2.75, 3.05) is 5.75 Å². The van der Waals surface area contributed by atoms with Crippen molar-refractivity contribution in [1.29, 1.82) is 0 Å². The molecule has 1 rings (SSSR count). The number of hydrogen-bond donors (Lipinski definition) is 5. The number of carbonyl (C=O) groups excluding carboxylic acids is 3. The molecule has 142 valence electrons. The molecule has 1 heterocycles. The van der Waals surface area contributed by atoms with Gasteiger partial charge in [-0.05, 0) is 5.92 Å². The zero-order chi connectivity index (χ0) is 19.5. The van der Waals surface area contributed by atoms with Crippen LogP contribution < -0.4 is 10.6 Å². The van der Waals surface area contributed by atoms with E-state index >= 15 is 0 Å². The number of thioether (sulfide) groups is 1. The molecule has 1 fully saturated rings. The quantitative estimate of drug-likeness (QED) is 0.368. The Morgan fingerprint density at radius 3 is 2.28 bits per heavy atom. The second-order valence-corrected chi connectivity index (χ2v) is 7.46. The van der Waals surface area contributed by atoms with Crippen molar-refractivity contribution < 1.29 is 34.5 Å². The normalized spacial score (nSPS) is 28.4. The lowest BCUT2D eigenvalue weighted by Crippen LogP contribution is -2.64. The summed E-state index contributed by atoms with van der Waals surface area (Å²) >= 11 is 0.535. The first kappa shape index (κ1) is 21.4. The van der Waals surface area contributed by atoms with E-state index in [1.807, 2.05) is 0 Å². The lowest BCUT2D eigenvalue weighted by Gasteiger charge is -2.37. The van der Waals surface area contributed by atoms with Crippen LogP contribution in [0.2, 0.25) is 0 Å². The van der Waals surface area contributed by atoms with Gasteiger partial charge in [0.1, 0.15) is 6.04 Å². The molecular weight excluding hydrogens is 352 g/mol. The summed E-state index contributed by atoms with van der Waals surface area (Å²) in [5.41, 5.74) is -1.92. The third-order valence-electron chi connectivity index (χ3n) is 4.18. The molecule has 0 aliphatic carbocycles. The minimum atomic E-state index is -1.92. The minimum absolute atomic E-state index is 0.308. The average molecular weight is 376 g/mol. The van der Waals surface area contributed by atoms with Gasteiger partial charge in [-0.25, -0.2) is 4.79 Å². The number of rotatable bonds is 7. The maximum atomic E-state index is 12.8. The number of nitrogens with one attached hydrogen (secondary N) is 2. The highest BCUT2D eigenvalue weighted by molar-refractivity contribution is 8.13. The summed E-state index contributed by atoms with van der Waals surface area (Å²) in [6.07, 6.45) is -2.82. The molecule has 0 saturated carbocycles. The van der Waals surface area contributed by atoms with Crippen LogP contribution in [0.5, 0.6) is 0 Å². The molecule has 1 aliphatic rings. The number of carbonyl (C=O) groups is 4. The van der Waals surface area contributed by atoms with Crippen molar-refractivity contribution >= 4 is 34.7 Å². The Morgan fingerprint density at radius 2 is 1.92 bits per heavy atom. The monoisotopic (exact) mass is 376 g/mol. The first-order chi connectivity index (χ1) is 11.4. The van der Waals surface area contributed by atoms with Crippen LogP contribution in [0, 0.1) is 11.8 Å². The van der Waals surface area contributed by atoms with Crippen molar-refractivity contribution in [2.24, 2.45) is 11.8 Å². The van der Waals surface area contributed by atoms with Crippen molar-refractivity contribution in [3.8, 4) is 0 Å². The smallest absolute Gasteiger partial charge is 0.327 e. The predicted molar refractivity (Wildman–Crippen MR) is 89.6 cm³/mol. The van der Waals surface area contributed by atoms with Crippen LogP contribution in [-0.4, -0.2) is 67.8 Å². The summed E-state index contributed by atoms with van der Waals surface area (Å²) in [7, 11) is 0. The number of hydrogen-bond acceptors (Lipinski definition) is 7. The Bertz CT molecular complexity index is 568. The summed E-state index contributed by atoms with van der Waals surface area (Å²) in [5.74, 6) is -4.12. The van der Waals surface area contributed by atoms with E-state index < -0.39 is 58.5 Å². The van der Waals surface area contributed by atoms with E-state index in [-0.39, 0.29) is 5.75 Å². The highest BCUT2D eigenvalue weighted by Crippen LogP contribution is 2.36. The van der Waals surface area contributed by atoms with Gasteiger partial charge in [-0.15, -0.1) is 0 Å². The fourth-order valence-electron chi connectivity index (χ4n) is 2.70. The zero-order valence-electron chi connectivity index (χ0n) is 14.5. The Labute approximate surface area is 149 Å². The van der Waals surface area contributed by atoms with Gasteiger partial charge in [0.25, 0.3) is 0 Å². The van der Waals surface area contributed by atoms with Gasteiger partial charge < -0.3 is 26.0 Å². The van der Waals surface area contributed by atoms with Crippen LogP contribution in [0.1, 0.15) is 27.7 Å². The maximum absolute atomic E-state index is 12.8. The summed E-state index contributed by atoms with van der Waals surface area (Å²) in [5, 5.41) is 33.8. The van der Waals surface area contributed by atoms with Gasteiger partial charge in [-0.2, -0.15) is 0 Å². The average Bonchev–Trinajstić information content (AvgIpc) is 2.74. The molecule has 0 spiro atoms. The lowest BCUT2D eigenvalue weighted by atomic mass is 9.81. The third-order valence-corrected chi connectivity index (χ3v) is 5.28. The summed E-state index contributed by atoms with van der Waals surface area (Å²) < 4.78 is 0. The van der Waals surface area contributed by atoms with Crippen molar-refractivity contribution in [2.45, 2.75) is 51.5 Å². The van der Waals surface area contributed by atoms with E-state index in [0.29, 0.717) is 11.8 Å². The molecule has 2 amide bonds. The molecule has 9 nitrogen and oxygen atoms in total. The SMILES string of the molecule is CC(=O)NC(CSC(=O)[C@]1(C(O)C(C)C)NC(=O)[C@H](C)C1O)C(=O)O. The van der Waals surface area contributed by atoms with Crippen molar-refractivity contribution in [3.05, 3.63) is 0 Å². The predicted octanol–water partition coefficient (Wildman–Crippen LogP) is -1.28. The second-order valence-electron chi connectivity index (χ2n) is 6.47. The fraction of sp³-hybridized carbons (Fsp3) is 0.733. The van der Waals surface area contributed by atoms with Crippen molar-refractivity contribution in [3.63, 3.8) is 0 Å². The molecule has 5 atom stereocenters. The van der Waals surface area contributed by atoms with Crippen LogP contribution in [0.15, 0.2) is 0 Å². The number of carboxylic acid groups (broad SMARTS) is 1. The number of aliphatic hydroxyl groups excluding tert-OH is 2. The van der Waals surface area contributed by atoms with E-state index in [9.17, 15) is 29.4 Å². The van der Waals surface area contributed by atoms with Gasteiger partial charge in [-0.1, -0.05) is 32.5 Å². The molecule has 25 heavy (non-hydrogen) atoms. The molecule has 3 unspecified atom stereocenters. The van der Waals surface area contributed by atoms with Gasteiger partial charge in [0.05, 0.1) is 18.1 Å². The topological polar surface area (TPSA) is 153 Å². The Kier molecular flexibility index (Phi) is 6.98. The summed E-state index contributed by atoms with van der Waals surface area (Å²) in [4.78, 5) is 46.9.